The van der Waals surface area contributed by atoms with E-state index >= 15 is 0 Å². The van der Waals surface area contributed by atoms with Crippen molar-refractivity contribution in [3.8, 4) is 0 Å². The molecule has 0 saturated heterocycles. The van der Waals surface area contributed by atoms with E-state index in [0.29, 0.717) is 12.2 Å². The number of hydrogen-bond acceptors (Lipinski definition) is 2. The Labute approximate surface area is 135 Å². The quantitative estimate of drug-likeness (QED) is 0.705. The van der Waals surface area contributed by atoms with Crippen molar-refractivity contribution >= 4 is 5.78 Å². The second kappa shape index (κ2) is 6.31. The lowest BCUT2D eigenvalue weighted by Crippen LogP contribution is -2.41. The molecule has 2 aliphatic rings. The average Bonchev–Trinajstić information content (AvgIpc) is 2.73. The number of aliphatic hydroxyl groups is 1. The van der Waals surface area contributed by atoms with Crippen LogP contribution in [0.3, 0.4) is 0 Å². The first-order valence-electron chi connectivity index (χ1n) is 8.70. The summed E-state index contributed by atoms with van der Waals surface area (Å²) in [7, 11) is 0. The first-order valence-corrected chi connectivity index (χ1v) is 8.70. The molecule has 3 atom stereocenters. The Bertz CT molecular complexity index is 492. The predicted octanol–water partition coefficient (Wildman–Crippen LogP) is 4.83. The van der Waals surface area contributed by atoms with Crippen LogP contribution in [0.15, 0.2) is 23.3 Å². The molecule has 0 spiro atoms. The lowest BCUT2D eigenvalue weighted by Gasteiger charge is -2.37. The van der Waals surface area contributed by atoms with Gasteiger partial charge in [0.2, 0.25) is 0 Å². The third kappa shape index (κ3) is 3.71. The number of rotatable bonds is 1. The number of Topliss-reactive ketones (excluding diaryl/α,β-unsaturated/α-hetero) is 1. The van der Waals surface area contributed by atoms with Gasteiger partial charge in [-0.2, -0.15) is 0 Å². The first-order chi connectivity index (χ1) is 10.1. The van der Waals surface area contributed by atoms with Crippen molar-refractivity contribution in [2.45, 2.75) is 78.7 Å². The molecule has 0 radical (unpaired) electrons. The molecule has 124 valence electrons. The summed E-state index contributed by atoms with van der Waals surface area (Å²) in [5.74, 6) is 0.374. The molecule has 2 heteroatoms. The highest BCUT2D eigenvalue weighted by Crippen LogP contribution is 2.53. The molecule has 0 aliphatic heterocycles. The van der Waals surface area contributed by atoms with Crippen LogP contribution < -0.4 is 0 Å². The highest BCUT2D eigenvalue weighted by molar-refractivity contribution is 5.84. The minimum absolute atomic E-state index is 0.00632. The van der Waals surface area contributed by atoms with Crippen molar-refractivity contribution in [2.24, 2.45) is 17.3 Å². The molecule has 2 aliphatic carbocycles. The minimum atomic E-state index is -0.783. The van der Waals surface area contributed by atoms with E-state index in [1.807, 2.05) is 13.8 Å². The van der Waals surface area contributed by atoms with E-state index in [4.69, 9.17) is 0 Å². The van der Waals surface area contributed by atoms with Crippen molar-refractivity contribution in [3.63, 3.8) is 0 Å². The molecule has 1 fully saturated rings. The second-order valence-corrected chi connectivity index (χ2v) is 8.42. The molecule has 2 rings (SSSR count). The number of allylic oxidation sites excluding steroid dienone is 4. The van der Waals surface area contributed by atoms with Crippen molar-refractivity contribution in [1.82, 2.24) is 0 Å². The van der Waals surface area contributed by atoms with Gasteiger partial charge in [-0.3, -0.25) is 4.79 Å². The van der Waals surface area contributed by atoms with Crippen LogP contribution in [0.5, 0.6) is 0 Å². The maximum Gasteiger partial charge on any atom is 0.140 e. The van der Waals surface area contributed by atoms with Crippen molar-refractivity contribution in [3.05, 3.63) is 23.3 Å². The van der Waals surface area contributed by atoms with Crippen LogP contribution in [-0.2, 0) is 4.79 Å². The molecule has 0 aromatic rings. The van der Waals surface area contributed by atoms with E-state index in [-0.39, 0.29) is 17.3 Å². The second-order valence-electron chi connectivity index (χ2n) is 8.42. The molecule has 0 aromatic heterocycles. The van der Waals surface area contributed by atoms with Gasteiger partial charge in [0.25, 0.3) is 0 Å². The van der Waals surface area contributed by atoms with Gasteiger partial charge in [0.15, 0.2) is 0 Å². The molecular formula is C20H32O2. The fourth-order valence-corrected chi connectivity index (χ4v) is 4.41. The van der Waals surface area contributed by atoms with Crippen LogP contribution in [-0.4, -0.2) is 16.5 Å². The average molecular weight is 304 g/mol. The number of fused-ring (bicyclic) bond motifs is 1. The van der Waals surface area contributed by atoms with Crippen LogP contribution in [0.1, 0.15) is 73.1 Å². The fraction of sp³-hybridized carbons (Fsp3) is 0.750. The van der Waals surface area contributed by atoms with Gasteiger partial charge in [0, 0.05) is 12.3 Å². The molecular weight excluding hydrogens is 272 g/mol. The highest BCUT2D eigenvalue weighted by Gasteiger charge is 2.52. The Kier molecular flexibility index (Phi) is 5.01. The number of ketones is 1. The smallest absolute Gasteiger partial charge is 0.140 e. The van der Waals surface area contributed by atoms with Gasteiger partial charge in [-0.05, 0) is 71.1 Å². The molecule has 1 saturated carbocycles. The maximum atomic E-state index is 13.0. The monoisotopic (exact) mass is 304 g/mol. The van der Waals surface area contributed by atoms with Gasteiger partial charge in [-0.1, -0.05) is 30.2 Å². The molecule has 0 heterocycles. The Morgan fingerprint density at radius 2 is 1.91 bits per heavy atom. The van der Waals surface area contributed by atoms with E-state index in [0.717, 1.165) is 32.1 Å². The maximum absolute atomic E-state index is 13.0. The van der Waals surface area contributed by atoms with Crippen LogP contribution in [0.4, 0.5) is 0 Å². The highest BCUT2D eigenvalue weighted by atomic mass is 16.3. The van der Waals surface area contributed by atoms with Gasteiger partial charge >= 0.3 is 0 Å². The van der Waals surface area contributed by atoms with Crippen LogP contribution in [0, 0.1) is 17.3 Å². The lowest BCUT2D eigenvalue weighted by molar-refractivity contribution is -0.130. The van der Waals surface area contributed by atoms with E-state index in [1.165, 1.54) is 11.1 Å². The third-order valence-electron chi connectivity index (χ3n) is 5.84. The summed E-state index contributed by atoms with van der Waals surface area (Å²) >= 11 is 0. The van der Waals surface area contributed by atoms with Gasteiger partial charge in [-0.15, -0.1) is 0 Å². The molecule has 0 aromatic carbocycles. The fourth-order valence-electron chi connectivity index (χ4n) is 4.41. The summed E-state index contributed by atoms with van der Waals surface area (Å²) in [6.07, 6.45) is 10.1. The van der Waals surface area contributed by atoms with E-state index in [9.17, 15) is 9.90 Å². The molecule has 22 heavy (non-hydrogen) atoms. The Balaban J connectivity index is 2.40. The van der Waals surface area contributed by atoms with Gasteiger partial charge in [0.05, 0.1) is 5.60 Å². The minimum Gasteiger partial charge on any atom is -0.390 e. The van der Waals surface area contributed by atoms with Crippen LogP contribution in [0.25, 0.3) is 0 Å². The summed E-state index contributed by atoms with van der Waals surface area (Å²) in [5.41, 5.74) is 1.82. The van der Waals surface area contributed by atoms with Gasteiger partial charge in [-0.25, -0.2) is 0 Å². The summed E-state index contributed by atoms with van der Waals surface area (Å²) in [6.45, 7) is 10.3. The van der Waals surface area contributed by atoms with Crippen molar-refractivity contribution in [2.75, 3.05) is 0 Å². The largest absolute Gasteiger partial charge is 0.390 e. The number of carbonyl (C=O) groups excluding carboxylic acids is 1. The molecule has 1 N–H and O–H groups in total. The summed E-state index contributed by atoms with van der Waals surface area (Å²) in [4.78, 5) is 13.0. The SMILES string of the molecule is C/C1=C\C[C@@]2(C)CC[C@@H](C(C)(C)O)[C@@H]2C(=O)C/C(C)=C/CC1. The molecule has 0 amide bonds. The van der Waals surface area contributed by atoms with E-state index < -0.39 is 5.60 Å². The normalized spacial score (nSPS) is 39.3. The molecule has 0 unspecified atom stereocenters. The van der Waals surface area contributed by atoms with E-state index in [1.54, 1.807) is 0 Å². The Morgan fingerprint density at radius 3 is 2.55 bits per heavy atom. The van der Waals surface area contributed by atoms with Crippen molar-refractivity contribution in [1.29, 1.82) is 0 Å². The zero-order valence-corrected chi connectivity index (χ0v) is 14.9. The topological polar surface area (TPSA) is 37.3 Å². The lowest BCUT2D eigenvalue weighted by atomic mass is 9.68. The van der Waals surface area contributed by atoms with E-state index in [2.05, 4.69) is 32.9 Å². The standard InChI is InChI=1S/C20H32O2/c1-14-7-6-8-15(2)13-17(21)18-16(19(3,4)22)10-12-20(18,5)11-9-14/h8-9,16,18,22H,6-7,10-13H2,1-5H3/b14-9+,15-8+/t16-,18-,20+/m1/s1. The number of carbonyl (C=O) groups is 1. The summed E-state index contributed by atoms with van der Waals surface area (Å²) in [6, 6.07) is 0. The molecule has 2 nitrogen and oxygen atoms in total. The van der Waals surface area contributed by atoms with Crippen LogP contribution >= 0.6 is 0 Å². The van der Waals surface area contributed by atoms with Gasteiger partial charge in [0.1, 0.15) is 5.78 Å². The summed E-state index contributed by atoms with van der Waals surface area (Å²) < 4.78 is 0. The van der Waals surface area contributed by atoms with Gasteiger partial charge < -0.3 is 5.11 Å². The Hall–Kier alpha value is -0.890. The first kappa shape index (κ1) is 17.5. The zero-order chi connectivity index (χ0) is 16.5. The number of hydrogen-bond donors (Lipinski definition) is 1. The third-order valence-corrected chi connectivity index (χ3v) is 5.84. The van der Waals surface area contributed by atoms with Crippen LogP contribution in [0.2, 0.25) is 0 Å². The predicted molar refractivity (Wildman–Crippen MR) is 91.6 cm³/mol. The zero-order valence-electron chi connectivity index (χ0n) is 14.9. The summed E-state index contributed by atoms with van der Waals surface area (Å²) in [5, 5.41) is 10.6. The molecule has 0 bridgehead atoms. The van der Waals surface area contributed by atoms with Crippen molar-refractivity contribution < 1.29 is 9.90 Å². The Morgan fingerprint density at radius 1 is 1.23 bits per heavy atom.